The van der Waals surface area contributed by atoms with Gasteiger partial charge in [0.25, 0.3) is 0 Å². The van der Waals surface area contributed by atoms with E-state index < -0.39 is 0 Å². The molecular weight excluding hydrogens is 96.1 g/mol. The highest BCUT2D eigenvalue weighted by molar-refractivity contribution is 4.62. The predicted molar refractivity (Wildman–Crippen MR) is 38.3 cm³/mol. The van der Waals surface area contributed by atoms with Crippen molar-refractivity contribution in [3.05, 3.63) is 13.3 Å². The molecule has 0 aliphatic carbocycles. The summed E-state index contributed by atoms with van der Waals surface area (Å²) in [5.41, 5.74) is 0. The van der Waals surface area contributed by atoms with E-state index in [4.69, 9.17) is 0 Å². The summed E-state index contributed by atoms with van der Waals surface area (Å²) in [6, 6.07) is 0. The van der Waals surface area contributed by atoms with Crippen LogP contribution in [0, 0.1) is 19.3 Å². The molecule has 2 radical (unpaired) electrons. The first-order valence-corrected chi connectivity index (χ1v) is 3.38. The summed E-state index contributed by atoms with van der Waals surface area (Å²) in [6.45, 7) is 8.17. The van der Waals surface area contributed by atoms with Crippen molar-refractivity contribution in [2.75, 3.05) is 0 Å². The Bertz CT molecular complexity index is 33.3. The van der Waals surface area contributed by atoms with Gasteiger partial charge in [-0.15, -0.1) is 0 Å². The Morgan fingerprint density at radius 1 is 1.62 bits per heavy atom. The van der Waals surface area contributed by atoms with Gasteiger partial charge >= 0.3 is 0 Å². The fourth-order valence-corrected chi connectivity index (χ4v) is 0.869. The molecule has 0 aliphatic heterocycles. The Hall–Kier alpha value is 0. The molecular formula is C8H16. The van der Waals surface area contributed by atoms with Crippen LogP contribution in [-0.4, -0.2) is 0 Å². The monoisotopic (exact) mass is 112 g/mol. The minimum absolute atomic E-state index is 0.845. The first kappa shape index (κ1) is 8.00. The van der Waals surface area contributed by atoms with Crippen LogP contribution in [-0.2, 0) is 0 Å². The molecule has 48 valence electrons. The Morgan fingerprint density at radius 2 is 2.25 bits per heavy atom. The summed E-state index contributed by atoms with van der Waals surface area (Å²) in [5, 5.41) is 0. The number of hydrogen-bond acceptors (Lipinski definition) is 0. The molecule has 1 atom stereocenters. The molecule has 0 spiro atoms. The van der Waals surface area contributed by atoms with Crippen LogP contribution < -0.4 is 0 Å². The molecule has 0 saturated heterocycles. The van der Waals surface area contributed by atoms with Gasteiger partial charge in [-0.1, -0.05) is 33.6 Å². The summed E-state index contributed by atoms with van der Waals surface area (Å²) in [7, 11) is 0. The Morgan fingerprint density at radius 3 is 2.62 bits per heavy atom. The van der Waals surface area contributed by atoms with Crippen molar-refractivity contribution in [3.8, 4) is 0 Å². The smallest absolute Gasteiger partial charge is 0.0414 e. The molecule has 0 heterocycles. The highest BCUT2D eigenvalue weighted by Gasteiger charge is 1.96. The van der Waals surface area contributed by atoms with Crippen molar-refractivity contribution < 1.29 is 0 Å². The standard InChI is InChI=1S/C8H16/c1-4-6-8(3)7-5-2/h5,8H,1,4,6-7H2,2-3H3. The molecule has 8 heavy (non-hydrogen) atoms. The van der Waals surface area contributed by atoms with Crippen LogP contribution in [0.25, 0.3) is 0 Å². The molecule has 0 aliphatic rings. The Balaban J connectivity index is 2.92. The molecule has 0 nitrogen and oxygen atoms in total. The molecule has 0 heteroatoms. The van der Waals surface area contributed by atoms with E-state index in [9.17, 15) is 0 Å². The lowest BCUT2D eigenvalue weighted by atomic mass is 10.0. The van der Waals surface area contributed by atoms with Gasteiger partial charge in [0.15, 0.2) is 0 Å². The molecule has 1 unspecified atom stereocenters. The molecule has 0 aromatic rings. The van der Waals surface area contributed by atoms with Crippen molar-refractivity contribution >= 4 is 0 Å². The van der Waals surface area contributed by atoms with E-state index in [0.717, 1.165) is 12.3 Å². The van der Waals surface area contributed by atoms with E-state index in [2.05, 4.69) is 27.2 Å². The van der Waals surface area contributed by atoms with Gasteiger partial charge in [-0.3, -0.25) is 0 Å². The van der Waals surface area contributed by atoms with Crippen molar-refractivity contribution in [2.24, 2.45) is 5.92 Å². The average molecular weight is 112 g/mol. The van der Waals surface area contributed by atoms with E-state index >= 15 is 0 Å². The largest absolute Gasteiger partial charge is 0.0625 e. The summed E-state index contributed by atoms with van der Waals surface area (Å²) in [4.78, 5) is 0. The Labute approximate surface area is 53.3 Å². The molecule has 0 bridgehead atoms. The zero-order chi connectivity index (χ0) is 6.41. The molecule has 0 aromatic heterocycles. The number of rotatable bonds is 4. The minimum Gasteiger partial charge on any atom is -0.0625 e. The van der Waals surface area contributed by atoms with Gasteiger partial charge in [0, 0.05) is 0 Å². The topological polar surface area (TPSA) is 0 Å². The lowest BCUT2D eigenvalue weighted by Crippen LogP contribution is -1.91. The maximum Gasteiger partial charge on any atom is -0.0414 e. The third-order valence-corrected chi connectivity index (χ3v) is 1.33. The lowest BCUT2D eigenvalue weighted by molar-refractivity contribution is 0.530. The van der Waals surface area contributed by atoms with E-state index in [1.54, 1.807) is 0 Å². The van der Waals surface area contributed by atoms with Crippen LogP contribution in [0.4, 0.5) is 0 Å². The van der Waals surface area contributed by atoms with Crippen molar-refractivity contribution in [1.29, 1.82) is 0 Å². The zero-order valence-corrected chi connectivity index (χ0v) is 5.98. The van der Waals surface area contributed by atoms with Crippen LogP contribution >= 0.6 is 0 Å². The van der Waals surface area contributed by atoms with Crippen LogP contribution in [0.15, 0.2) is 0 Å². The van der Waals surface area contributed by atoms with Crippen molar-refractivity contribution in [3.63, 3.8) is 0 Å². The molecule has 0 N–H and O–H groups in total. The van der Waals surface area contributed by atoms with Crippen LogP contribution in [0.1, 0.15) is 33.1 Å². The second-order valence-electron chi connectivity index (χ2n) is 2.39. The third kappa shape index (κ3) is 4.17. The summed E-state index contributed by atoms with van der Waals surface area (Å²) in [6.07, 6.45) is 5.81. The minimum atomic E-state index is 0.845. The highest BCUT2D eigenvalue weighted by atomic mass is 14.0. The first-order valence-electron chi connectivity index (χ1n) is 3.38. The quantitative estimate of drug-likeness (QED) is 0.524. The van der Waals surface area contributed by atoms with E-state index in [0.29, 0.717) is 0 Å². The molecule has 0 saturated carbocycles. The van der Waals surface area contributed by atoms with E-state index in [1.165, 1.54) is 12.8 Å². The van der Waals surface area contributed by atoms with Crippen LogP contribution in [0.2, 0.25) is 0 Å². The maximum absolute atomic E-state index is 3.79. The van der Waals surface area contributed by atoms with E-state index in [-0.39, 0.29) is 0 Å². The molecule has 0 rings (SSSR count). The van der Waals surface area contributed by atoms with Gasteiger partial charge in [-0.05, 0) is 18.8 Å². The highest BCUT2D eigenvalue weighted by Crippen LogP contribution is 2.09. The second-order valence-corrected chi connectivity index (χ2v) is 2.39. The Kier molecular flexibility index (Phi) is 5.14. The summed E-state index contributed by atoms with van der Waals surface area (Å²) >= 11 is 0. The predicted octanol–water partition coefficient (Wildman–Crippen LogP) is 2.85. The fourth-order valence-electron chi connectivity index (χ4n) is 0.869. The van der Waals surface area contributed by atoms with Crippen molar-refractivity contribution in [2.45, 2.75) is 33.1 Å². The van der Waals surface area contributed by atoms with Gasteiger partial charge in [-0.2, -0.15) is 0 Å². The van der Waals surface area contributed by atoms with Gasteiger partial charge in [0.05, 0.1) is 0 Å². The molecule has 0 aromatic carbocycles. The van der Waals surface area contributed by atoms with Gasteiger partial charge < -0.3 is 0 Å². The normalized spacial score (nSPS) is 10.5. The maximum atomic E-state index is 3.79. The van der Waals surface area contributed by atoms with Gasteiger partial charge in [0.2, 0.25) is 0 Å². The molecule has 0 amide bonds. The zero-order valence-electron chi connectivity index (χ0n) is 5.98. The van der Waals surface area contributed by atoms with Gasteiger partial charge in [0.1, 0.15) is 0 Å². The first-order chi connectivity index (χ1) is 3.81. The third-order valence-electron chi connectivity index (χ3n) is 1.33. The number of hydrogen-bond donors (Lipinski definition) is 0. The lowest BCUT2D eigenvalue weighted by Gasteiger charge is -2.05. The summed E-state index contributed by atoms with van der Waals surface area (Å²) < 4.78 is 0. The summed E-state index contributed by atoms with van der Waals surface area (Å²) in [5.74, 6) is 0.845. The average Bonchev–Trinajstić information content (AvgIpc) is 1.68. The van der Waals surface area contributed by atoms with Crippen LogP contribution in [0.3, 0.4) is 0 Å². The van der Waals surface area contributed by atoms with E-state index in [1.807, 2.05) is 0 Å². The van der Waals surface area contributed by atoms with Crippen molar-refractivity contribution in [1.82, 2.24) is 0 Å². The SMILES string of the molecule is [CH2]CCC(C)C[CH]C. The fraction of sp³-hybridized carbons (Fsp3) is 0.750. The second kappa shape index (κ2) is 5.14. The molecule has 0 fully saturated rings. The van der Waals surface area contributed by atoms with Crippen LogP contribution in [0.5, 0.6) is 0 Å². The van der Waals surface area contributed by atoms with Gasteiger partial charge in [-0.25, -0.2) is 0 Å².